The number of carboxylic acids is 1. The first-order valence-corrected chi connectivity index (χ1v) is 7.61. The minimum atomic E-state index is -4.16. The molecule has 1 heterocycles. The molecule has 114 valence electrons. The second-order valence-corrected chi connectivity index (χ2v) is 6.47. The van der Waals surface area contributed by atoms with Crippen LogP contribution < -0.4 is 10.5 Å². The molecule has 2 rings (SSSR count). The first-order valence-electron chi connectivity index (χ1n) is 6.12. The lowest BCUT2D eigenvalue weighted by Crippen LogP contribution is -2.40. The molecule has 1 aliphatic rings. The predicted molar refractivity (Wildman–Crippen MR) is 74.2 cm³/mol. The molecule has 0 aromatic heterocycles. The van der Waals surface area contributed by atoms with E-state index in [0.717, 1.165) is 12.1 Å². The van der Waals surface area contributed by atoms with Crippen molar-refractivity contribution in [2.75, 3.05) is 19.3 Å². The minimum Gasteiger partial charge on any atom is -0.478 e. The van der Waals surface area contributed by atoms with Crippen LogP contribution in [0.5, 0.6) is 0 Å². The molecule has 1 aromatic carbocycles. The third-order valence-electron chi connectivity index (χ3n) is 3.25. The summed E-state index contributed by atoms with van der Waals surface area (Å²) in [7, 11) is -2.59. The Morgan fingerprint density at radius 2 is 2.14 bits per heavy atom. The number of nitrogens with zero attached hydrogens (tertiary/aromatic N) is 1. The van der Waals surface area contributed by atoms with Gasteiger partial charge in [0.2, 0.25) is 15.9 Å². The zero-order valence-electron chi connectivity index (χ0n) is 11.2. The zero-order valence-corrected chi connectivity index (χ0v) is 12.1. The molecular formula is C12H15N3O5S. The number of nitrogens with two attached hydrogens (primary N) is 1. The van der Waals surface area contributed by atoms with E-state index in [-0.39, 0.29) is 11.6 Å². The third kappa shape index (κ3) is 2.98. The molecule has 0 radical (unpaired) electrons. The van der Waals surface area contributed by atoms with E-state index in [9.17, 15) is 18.0 Å². The van der Waals surface area contributed by atoms with Crippen LogP contribution in [0.2, 0.25) is 0 Å². The van der Waals surface area contributed by atoms with Gasteiger partial charge in [-0.1, -0.05) is 0 Å². The number of nitrogens with one attached hydrogen (secondary N) is 1. The van der Waals surface area contributed by atoms with Gasteiger partial charge in [0, 0.05) is 19.3 Å². The van der Waals surface area contributed by atoms with Crippen molar-refractivity contribution in [3.63, 3.8) is 0 Å². The fraction of sp³-hybridized carbons (Fsp3) is 0.333. The zero-order chi connectivity index (χ0) is 15.8. The van der Waals surface area contributed by atoms with Crippen molar-refractivity contribution in [3.8, 4) is 0 Å². The number of rotatable bonds is 4. The second kappa shape index (κ2) is 5.34. The van der Waals surface area contributed by atoms with E-state index in [1.54, 1.807) is 7.05 Å². The van der Waals surface area contributed by atoms with Gasteiger partial charge in [0.25, 0.3) is 0 Å². The average Bonchev–Trinajstić information content (AvgIpc) is 2.70. The molecule has 1 atom stereocenters. The normalized spacial score (nSPS) is 19.0. The maximum atomic E-state index is 12.3. The van der Waals surface area contributed by atoms with E-state index in [0.29, 0.717) is 13.0 Å². The van der Waals surface area contributed by atoms with Crippen molar-refractivity contribution >= 4 is 27.6 Å². The van der Waals surface area contributed by atoms with Gasteiger partial charge < -0.3 is 15.7 Å². The smallest absolute Gasteiger partial charge is 0.337 e. The highest BCUT2D eigenvalue weighted by atomic mass is 32.2. The standard InChI is InChI=1S/C12H15N3O5S/c1-15-5-4-9(11(15)16)14-21(19,20)10-6-7(13)2-3-8(10)12(17)18/h2-3,6,9,14H,4-5,13H2,1H3,(H,17,18). The highest BCUT2D eigenvalue weighted by Gasteiger charge is 2.34. The van der Waals surface area contributed by atoms with E-state index in [1.165, 1.54) is 11.0 Å². The van der Waals surface area contributed by atoms with Crippen molar-refractivity contribution in [2.45, 2.75) is 17.4 Å². The topological polar surface area (TPSA) is 130 Å². The molecule has 0 spiro atoms. The number of carbonyl (C=O) groups is 2. The molecular weight excluding hydrogens is 298 g/mol. The number of benzene rings is 1. The molecule has 0 saturated carbocycles. The summed E-state index contributed by atoms with van der Waals surface area (Å²) in [6, 6.07) is 2.60. The van der Waals surface area contributed by atoms with Crippen LogP contribution >= 0.6 is 0 Å². The van der Waals surface area contributed by atoms with Crippen LogP contribution in [-0.2, 0) is 14.8 Å². The fourth-order valence-electron chi connectivity index (χ4n) is 2.12. The molecule has 0 bridgehead atoms. The number of hydrogen-bond acceptors (Lipinski definition) is 5. The molecule has 1 amide bonds. The largest absolute Gasteiger partial charge is 0.478 e. The van der Waals surface area contributed by atoms with E-state index in [2.05, 4.69) is 4.72 Å². The number of nitrogen functional groups attached to an aromatic ring is 1. The van der Waals surface area contributed by atoms with Crippen LogP contribution in [0.25, 0.3) is 0 Å². The number of sulfonamides is 1. The monoisotopic (exact) mass is 313 g/mol. The number of aromatic carboxylic acids is 1. The Morgan fingerprint density at radius 1 is 1.48 bits per heavy atom. The molecule has 21 heavy (non-hydrogen) atoms. The number of carboxylic acid groups (broad SMARTS) is 1. The van der Waals surface area contributed by atoms with Crippen molar-refractivity contribution in [1.82, 2.24) is 9.62 Å². The summed E-state index contributed by atoms with van der Waals surface area (Å²) >= 11 is 0. The Balaban J connectivity index is 2.38. The number of amides is 1. The molecule has 1 saturated heterocycles. The van der Waals surface area contributed by atoms with E-state index in [1.807, 2.05) is 0 Å². The minimum absolute atomic E-state index is 0.121. The quantitative estimate of drug-likeness (QED) is 0.641. The van der Waals surface area contributed by atoms with Gasteiger partial charge in [-0.25, -0.2) is 13.2 Å². The number of hydrogen-bond donors (Lipinski definition) is 3. The fourth-order valence-corrected chi connectivity index (χ4v) is 3.58. The molecule has 4 N–H and O–H groups in total. The average molecular weight is 313 g/mol. The van der Waals surface area contributed by atoms with Gasteiger partial charge in [0.15, 0.2) is 0 Å². The van der Waals surface area contributed by atoms with E-state index >= 15 is 0 Å². The van der Waals surface area contributed by atoms with Crippen molar-refractivity contribution in [2.24, 2.45) is 0 Å². The summed E-state index contributed by atoms with van der Waals surface area (Å²) in [6.07, 6.45) is 0.333. The van der Waals surface area contributed by atoms with Gasteiger partial charge in [0.05, 0.1) is 10.5 Å². The maximum absolute atomic E-state index is 12.3. The molecule has 1 fully saturated rings. The summed E-state index contributed by atoms with van der Waals surface area (Å²) in [5, 5.41) is 9.07. The Morgan fingerprint density at radius 3 is 2.67 bits per heavy atom. The summed E-state index contributed by atoms with van der Waals surface area (Å²) in [4.78, 5) is 23.8. The lowest BCUT2D eigenvalue weighted by atomic mass is 10.2. The molecule has 1 aliphatic heterocycles. The first kappa shape index (κ1) is 15.3. The Hall–Kier alpha value is -2.13. The number of likely N-dealkylation sites (tertiary alicyclic amines) is 1. The number of likely N-dealkylation sites (N-methyl/N-ethyl adjacent to an activating group) is 1. The van der Waals surface area contributed by atoms with Crippen molar-refractivity contribution < 1.29 is 23.1 Å². The van der Waals surface area contributed by atoms with Gasteiger partial charge in [0.1, 0.15) is 6.04 Å². The van der Waals surface area contributed by atoms with Gasteiger partial charge in [-0.15, -0.1) is 0 Å². The first-order chi connectivity index (χ1) is 9.72. The van der Waals surface area contributed by atoms with Crippen LogP contribution in [-0.4, -0.2) is 49.9 Å². The van der Waals surface area contributed by atoms with Gasteiger partial charge in [-0.3, -0.25) is 4.79 Å². The lowest BCUT2D eigenvalue weighted by molar-refractivity contribution is -0.127. The lowest BCUT2D eigenvalue weighted by Gasteiger charge is -2.14. The summed E-state index contributed by atoms with van der Waals surface area (Å²) < 4.78 is 26.9. The molecule has 8 nitrogen and oxygen atoms in total. The highest BCUT2D eigenvalue weighted by molar-refractivity contribution is 7.89. The number of anilines is 1. The second-order valence-electron chi connectivity index (χ2n) is 4.78. The van der Waals surface area contributed by atoms with Gasteiger partial charge >= 0.3 is 5.97 Å². The highest BCUT2D eigenvalue weighted by Crippen LogP contribution is 2.21. The summed E-state index contributed by atoms with van der Waals surface area (Å²) in [5.74, 6) is -1.73. The van der Waals surface area contributed by atoms with Crippen LogP contribution in [0.3, 0.4) is 0 Å². The van der Waals surface area contributed by atoms with Crippen LogP contribution in [0.15, 0.2) is 23.1 Å². The van der Waals surface area contributed by atoms with Crippen molar-refractivity contribution in [1.29, 1.82) is 0 Å². The van der Waals surface area contributed by atoms with Crippen LogP contribution in [0.1, 0.15) is 16.8 Å². The molecule has 0 aliphatic carbocycles. The Labute approximate surface area is 121 Å². The van der Waals surface area contributed by atoms with Crippen LogP contribution in [0, 0.1) is 0 Å². The number of carbonyl (C=O) groups excluding carboxylic acids is 1. The predicted octanol–water partition coefficient (Wildman–Crippen LogP) is -0.524. The molecule has 9 heteroatoms. The molecule has 1 aromatic rings. The SMILES string of the molecule is CN1CCC(NS(=O)(=O)c2cc(N)ccc2C(=O)O)C1=O. The van der Waals surface area contributed by atoms with Crippen molar-refractivity contribution in [3.05, 3.63) is 23.8 Å². The van der Waals surface area contributed by atoms with E-state index < -0.39 is 32.5 Å². The maximum Gasteiger partial charge on any atom is 0.337 e. The Bertz CT molecular complexity index is 701. The summed E-state index contributed by atoms with van der Waals surface area (Å²) in [6.45, 7) is 0.439. The van der Waals surface area contributed by atoms with Gasteiger partial charge in [-0.2, -0.15) is 4.72 Å². The Kier molecular flexibility index (Phi) is 3.88. The van der Waals surface area contributed by atoms with Crippen LogP contribution in [0.4, 0.5) is 5.69 Å². The van der Waals surface area contributed by atoms with E-state index in [4.69, 9.17) is 10.8 Å². The third-order valence-corrected chi connectivity index (χ3v) is 4.76. The molecule has 1 unspecified atom stereocenters. The summed E-state index contributed by atoms with van der Waals surface area (Å²) in [5.41, 5.74) is 5.25. The van der Waals surface area contributed by atoms with Gasteiger partial charge in [-0.05, 0) is 24.6 Å².